The summed E-state index contributed by atoms with van der Waals surface area (Å²) < 4.78 is 55.6. The third kappa shape index (κ3) is 15.3. The van der Waals surface area contributed by atoms with E-state index in [-0.39, 0.29) is 18.0 Å². The van der Waals surface area contributed by atoms with E-state index < -0.39 is 12.4 Å². The van der Waals surface area contributed by atoms with E-state index >= 15 is 0 Å². The predicted octanol–water partition coefficient (Wildman–Crippen LogP) is 0.930. The van der Waals surface area contributed by atoms with Crippen LogP contribution in [0.4, 0.5) is 0 Å². The maximum atomic E-state index is 11.2. The number of rotatable bonds is 2. The summed E-state index contributed by atoms with van der Waals surface area (Å²) in [7, 11) is 0. The summed E-state index contributed by atoms with van der Waals surface area (Å²) in [5.41, 5.74) is 0. The molecule has 0 radical (unpaired) electrons. The van der Waals surface area contributed by atoms with Gasteiger partial charge in [-0.15, -0.1) is 0 Å². The first kappa shape index (κ1) is 33.2. The standard InChI is InChI=1S/C12H16O4.5CO.W/c1-8-10(13)5-6-12(15-8)16-11-4-3-7-14-9(11)2;5*1-2;/h5-6,8-9,11-12H,3-4H2,1-2H3;;;;;;/t8-,9-,11-,12-;;;;;;/m0....../s1. The number of ether oxygens (including phenoxy) is 3. The second-order valence-electron chi connectivity index (χ2n) is 4.32. The molecule has 144 valence electrons. The van der Waals surface area contributed by atoms with Crippen LogP contribution in [-0.2, 0) is 61.6 Å². The average molecular weight is 548 g/mol. The van der Waals surface area contributed by atoms with Gasteiger partial charge in [-0.05, 0) is 0 Å². The molecule has 2 rings (SSSR count). The van der Waals surface area contributed by atoms with E-state index in [4.69, 9.17) is 37.5 Å². The summed E-state index contributed by atoms with van der Waals surface area (Å²) in [6, 6.07) is 0. The quantitative estimate of drug-likeness (QED) is 0.374. The van der Waals surface area contributed by atoms with Gasteiger partial charge in [0, 0.05) is 0 Å². The van der Waals surface area contributed by atoms with Crippen LogP contribution >= 0.6 is 0 Å². The van der Waals surface area contributed by atoms with Gasteiger partial charge in [-0.1, -0.05) is 0 Å². The minimum atomic E-state index is -0.426. The summed E-state index contributed by atoms with van der Waals surface area (Å²) in [6.45, 7) is 26.2. The molecule has 2 aliphatic rings. The van der Waals surface area contributed by atoms with E-state index in [1.54, 1.807) is 13.0 Å². The molecule has 4 atom stereocenters. The molecule has 0 saturated carbocycles. The second-order valence-corrected chi connectivity index (χ2v) is 5.95. The van der Waals surface area contributed by atoms with Crippen LogP contribution in [0.1, 0.15) is 26.7 Å². The van der Waals surface area contributed by atoms with E-state index in [0.717, 1.165) is 16.9 Å². The van der Waals surface area contributed by atoms with Gasteiger partial charge in [-0.2, -0.15) is 0 Å². The molecule has 0 N–H and O–H groups in total. The predicted molar refractivity (Wildman–Crippen MR) is 77.8 cm³/mol. The summed E-state index contributed by atoms with van der Waals surface area (Å²) in [4.78, 5) is 11.2. The molecule has 2 aliphatic heterocycles. The van der Waals surface area contributed by atoms with Gasteiger partial charge in [0.2, 0.25) is 0 Å². The van der Waals surface area contributed by atoms with Crippen molar-refractivity contribution < 1.29 is 61.6 Å². The Hall–Kier alpha value is -1.45. The molecule has 0 unspecified atom stereocenters. The Morgan fingerprint density at radius 1 is 1.04 bits per heavy atom. The van der Waals surface area contributed by atoms with Crippen molar-refractivity contribution in [2.75, 3.05) is 0 Å². The second kappa shape index (κ2) is 24.5. The first-order valence-electron chi connectivity index (χ1n) is 6.81. The van der Waals surface area contributed by atoms with Crippen molar-refractivity contribution in [3.8, 4) is 0 Å². The van der Waals surface area contributed by atoms with Crippen molar-refractivity contribution in [1.29, 1.82) is 0 Å². The first-order chi connectivity index (χ1) is 13.1. The normalized spacial score (nSPS) is 24.6. The molecule has 27 heavy (non-hydrogen) atoms. The van der Waals surface area contributed by atoms with E-state index in [9.17, 15) is 4.79 Å². The molecular weight excluding hydrogens is 532 g/mol. The van der Waals surface area contributed by atoms with Crippen LogP contribution in [0.25, 0.3) is 0 Å². The van der Waals surface area contributed by atoms with Crippen molar-refractivity contribution in [3.63, 3.8) is 0 Å². The number of hydrogen-bond acceptors (Lipinski definition) is 4. The fraction of sp³-hybridized carbons (Fsp3) is 0.471. The molecule has 0 spiro atoms. The fourth-order valence-corrected chi connectivity index (χ4v) is 2.86. The molecule has 0 aliphatic carbocycles. The first-order valence-corrected chi connectivity index (χ1v) is 8.27. The maximum absolute atomic E-state index is 11.2. The molecule has 0 aromatic rings. The molecule has 0 amide bonds. The molecule has 0 aromatic carbocycles. The zero-order valence-corrected chi connectivity index (χ0v) is 17.4. The molecule has 1 saturated heterocycles. The summed E-state index contributed by atoms with van der Waals surface area (Å²) in [5.74, 6) is -0.00873. The molecular formula is C17H16O9W. The Bertz CT molecular complexity index is 510. The number of carbonyl (C=O) groups is 1. The van der Waals surface area contributed by atoms with Gasteiger partial charge in [0.25, 0.3) is 0 Å². The Morgan fingerprint density at radius 2 is 1.52 bits per heavy atom. The summed E-state index contributed by atoms with van der Waals surface area (Å²) >= 11 is 1.39. The van der Waals surface area contributed by atoms with Crippen LogP contribution < -0.4 is 0 Å². The zero-order chi connectivity index (χ0) is 22.4. The number of ketones is 1. The molecule has 10 heteroatoms. The van der Waals surface area contributed by atoms with Crippen LogP contribution in [-0.4, -0.2) is 34.5 Å². The Morgan fingerprint density at radius 3 is 1.93 bits per heavy atom. The monoisotopic (exact) mass is 548 g/mol. The van der Waals surface area contributed by atoms with E-state index in [0.29, 0.717) is 0 Å². The van der Waals surface area contributed by atoms with E-state index in [2.05, 4.69) is 33.3 Å². The van der Waals surface area contributed by atoms with E-state index in [1.165, 1.54) is 25.4 Å². The van der Waals surface area contributed by atoms with Crippen molar-refractivity contribution in [1.82, 2.24) is 0 Å². The van der Waals surface area contributed by atoms with Gasteiger partial charge >= 0.3 is 168 Å². The third-order valence-corrected chi connectivity index (χ3v) is 4.02. The van der Waals surface area contributed by atoms with Crippen LogP contribution in [0.5, 0.6) is 0 Å². The molecule has 0 aromatic heterocycles. The van der Waals surface area contributed by atoms with Crippen molar-refractivity contribution in [2.24, 2.45) is 0 Å². The fourth-order valence-electron chi connectivity index (χ4n) is 1.89. The van der Waals surface area contributed by atoms with Crippen molar-refractivity contribution in [3.05, 3.63) is 45.4 Å². The summed E-state index contributed by atoms with van der Waals surface area (Å²) in [6.07, 6.45) is 4.37. The molecule has 1 fully saturated rings. The van der Waals surface area contributed by atoms with Gasteiger partial charge < -0.3 is 0 Å². The average Bonchev–Trinajstić information content (AvgIpc) is 2.74. The number of hydrogen-bond donors (Lipinski definition) is 0. The van der Waals surface area contributed by atoms with Crippen LogP contribution in [0.15, 0.2) is 12.2 Å². The van der Waals surface area contributed by atoms with Gasteiger partial charge in [-0.25, -0.2) is 0 Å². The van der Waals surface area contributed by atoms with Crippen molar-refractivity contribution >= 4 is 9.87 Å². The van der Waals surface area contributed by atoms with Gasteiger partial charge in [0.1, 0.15) is 0 Å². The Balaban J connectivity index is -0.000000230. The van der Waals surface area contributed by atoms with Gasteiger partial charge in [-0.3, -0.25) is 0 Å². The van der Waals surface area contributed by atoms with Crippen molar-refractivity contribution in [2.45, 2.75) is 51.3 Å². The van der Waals surface area contributed by atoms with Crippen LogP contribution in [0.2, 0.25) is 0 Å². The van der Waals surface area contributed by atoms with Gasteiger partial charge in [0.05, 0.1) is 0 Å². The molecule has 9 nitrogen and oxygen atoms in total. The topological polar surface area (TPSA) is 144 Å². The SMILES string of the molecule is C[C@@H]1O[C@@H](O[C@H]2CC[C](=[W])O[C@H]2C)C=CC1=O.[C-]#[O+].[C-]#[O+].[C-]#[O+].[C-]#[O+].[C-]#[O+]. The van der Waals surface area contributed by atoms with Crippen LogP contribution in [0, 0.1) is 33.3 Å². The van der Waals surface area contributed by atoms with Crippen LogP contribution in [0.3, 0.4) is 0 Å². The Labute approximate surface area is 168 Å². The Kier molecular flexibility index (Phi) is 30.1. The summed E-state index contributed by atoms with van der Waals surface area (Å²) in [5, 5.41) is 0. The number of carbonyl (C=O) groups excluding carboxylic acids is 1. The zero-order valence-electron chi connectivity index (χ0n) is 14.5. The van der Waals surface area contributed by atoms with Gasteiger partial charge in [0.15, 0.2) is 0 Å². The third-order valence-electron chi connectivity index (χ3n) is 2.94. The van der Waals surface area contributed by atoms with E-state index in [1.807, 2.05) is 6.92 Å². The molecule has 2 heterocycles. The minimum absolute atomic E-state index is 0.00873. The molecule has 0 bridgehead atoms.